The topological polar surface area (TPSA) is 38.5 Å². The summed E-state index contributed by atoms with van der Waals surface area (Å²) in [6.07, 6.45) is 0. The molecule has 1 unspecified atom stereocenters. The lowest BCUT2D eigenvalue weighted by Gasteiger charge is -2.39. The van der Waals surface area contributed by atoms with E-state index >= 15 is 0 Å². The Labute approximate surface area is 123 Å². The highest BCUT2D eigenvalue weighted by atomic mass is 16.5. The van der Waals surface area contributed by atoms with Crippen LogP contribution in [-0.2, 0) is 4.74 Å². The van der Waals surface area contributed by atoms with Crippen molar-refractivity contribution in [2.75, 3.05) is 26.2 Å². The third-order valence-corrected chi connectivity index (χ3v) is 4.07. The number of rotatable bonds is 3. The molecule has 0 spiro atoms. The Morgan fingerprint density at radius 1 is 1.25 bits per heavy atom. The van der Waals surface area contributed by atoms with Gasteiger partial charge in [0.2, 0.25) is 0 Å². The molecule has 0 amide bonds. The molecule has 1 aliphatic heterocycles. The van der Waals surface area contributed by atoms with Gasteiger partial charge in [0, 0.05) is 25.7 Å². The van der Waals surface area contributed by atoms with Crippen LogP contribution in [0.3, 0.4) is 0 Å². The van der Waals surface area contributed by atoms with Crippen molar-refractivity contribution in [2.24, 2.45) is 5.73 Å². The number of aryl methyl sites for hydroxylation is 3. The number of hydrogen-bond donors (Lipinski definition) is 1. The Hall–Kier alpha value is -0.900. The minimum Gasteiger partial charge on any atom is -0.373 e. The summed E-state index contributed by atoms with van der Waals surface area (Å²) in [5, 5.41) is 0. The average Bonchev–Trinajstić information content (AvgIpc) is 2.25. The summed E-state index contributed by atoms with van der Waals surface area (Å²) < 4.78 is 5.76. The summed E-state index contributed by atoms with van der Waals surface area (Å²) in [7, 11) is 0. The van der Waals surface area contributed by atoms with Gasteiger partial charge in [-0.1, -0.05) is 17.7 Å². The molecule has 112 valence electrons. The van der Waals surface area contributed by atoms with Crippen LogP contribution in [0.2, 0.25) is 0 Å². The van der Waals surface area contributed by atoms with Gasteiger partial charge in [-0.15, -0.1) is 0 Å². The van der Waals surface area contributed by atoms with Gasteiger partial charge < -0.3 is 10.5 Å². The van der Waals surface area contributed by atoms with Crippen molar-refractivity contribution in [1.82, 2.24) is 4.90 Å². The van der Waals surface area contributed by atoms with Crippen LogP contribution in [0.5, 0.6) is 0 Å². The van der Waals surface area contributed by atoms with E-state index in [1.54, 1.807) is 0 Å². The van der Waals surface area contributed by atoms with Crippen LogP contribution in [-0.4, -0.2) is 36.7 Å². The van der Waals surface area contributed by atoms with E-state index in [0.717, 1.165) is 26.2 Å². The molecule has 0 aliphatic carbocycles. The van der Waals surface area contributed by atoms with Crippen molar-refractivity contribution in [2.45, 2.75) is 46.3 Å². The van der Waals surface area contributed by atoms with E-state index in [4.69, 9.17) is 10.5 Å². The van der Waals surface area contributed by atoms with Gasteiger partial charge in [0.15, 0.2) is 0 Å². The quantitative estimate of drug-likeness (QED) is 0.922. The molecular weight excluding hydrogens is 248 g/mol. The number of morpholine rings is 1. The van der Waals surface area contributed by atoms with Gasteiger partial charge in [-0.05, 0) is 51.3 Å². The van der Waals surface area contributed by atoms with E-state index in [1.807, 2.05) is 0 Å². The first kappa shape index (κ1) is 15.5. The monoisotopic (exact) mass is 276 g/mol. The van der Waals surface area contributed by atoms with Crippen LogP contribution in [0.25, 0.3) is 0 Å². The molecule has 1 fully saturated rings. The summed E-state index contributed by atoms with van der Waals surface area (Å²) >= 11 is 0. The average molecular weight is 276 g/mol. The lowest BCUT2D eigenvalue weighted by molar-refractivity contribution is -0.0870. The maximum absolute atomic E-state index is 6.48. The third-order valence-electron chi connectivity index (χ3n) is 4.07. The van der Waals surface area contributed by atoms with Crippen molar-refractivity contribution in [3.63, 3.8) is 0 Å². The molecule has 0 aromatic heterocycles. The zero-order valence-corrected chi connectivity index (χ0v) is 13.5. The Morgan fingerprint density at radius 3 is 2.40 bits per heavy atom. The zero-order chi connectivity index (χ0) is 14.9. The molecule has 3 nitrogen and oxygen atoms in total. The predicted molar refractivity (Wildman–Crippen MR) is 84.1 cm³/mol. The second-order valence-corrected chi connectivity index (χ2v) is 6.76. The van der Waals surface area contributed by atoms with Gasteiger partial charge in [0.25, 0.3) is 0 Å². The highest BCUT2D eigenvalue weighted by Gasteiger charge is 2.28. The summed E-state index contributed by atoms with van der Waals surface area (Å²) in [5.41, 5.74) is 11.7. The fourth-order valence-corrected chi connectivity index (χ4v) is 3.42. The van der Waals surface area contributed by atoms with E-state index in [1.165, 1.54) is 22.3 Å². The Balaban J connectivity index is 2.10. The minimum atomic E-state index is -0.0602. The lowest BCUT2D eigenvalue weighted by atomic mass is 9.94. The first-order valence-electron chi connectivity index (χ1n) is 7.48. The summed E-state index contributed by atoms with van der Waals surface area (Å²) in [4.78, 5) is 2.42. The maximum atomic E-state index is 6.48. The molecule has 20 heavy (non-hydrogen) atoms. The maximum Gasteiger partial charge on any atom is 0.0753 e. The van der Waals surface area contributed by atoms with Crippen molar-refractivity contribution < 1.29 is 4.74 Å². The second-order valence-electron chi connectivity index (χ2n) is 6.76. The molecule has 2 N–H and O–H groups in total. The Kier molecular flexibility index (Phi) is 4.52. The number of nitrogens with zero attached hydrogens (tertiary/aromatic N) is 1. The summed E-state index contributed by atoms with van der Waals surface area (Å²) in [6.45, 7) is 14.4. The smallest absolute Gasteiger partial charge is 0.0753 e. The van der Waals surface area contributed by atoms with Crippen molar-refractivity contribution in [3.8, 4) is 0 Å². The van der Waals surface area contributed by atoms with Crippen LogP contribution in [0.1, 0.15) is 42.1 Å². The molecule has 0 saturated carbocycles. The fraction of sp³-hybridized carbons (Fsp3) is 0.647. The van der Waals surface area contributed by atoms with E-state index in [2.05, 4.69) is 51.7 Å². The van der Waals surface area contributed by atoms with Gasteiger partial charge in [-0.3, -0.25) is 4.90 Å². The van der Waals surface area contributed by atoms with E-state index in [0.29, 0.717) is 0 Å². The highest BCUT2D eigenvalue weighted by molar-refractivity contribution is 5.39. The largest absolute Gasteiger partial charge is 0.373 e. The van der Waals surface area contributed by atoms with Crippen LogP contribution >= 0.6 is 0 Å². The molecule has 2 rings (SSSR count). The number of benzene rings is 1. The second kappa shape index (κ2) is 5.84. The van der Waals surface area contributed by atoms with Crippen molar-refractivity contribution in [3.05, 3.63) is 34.4 Å². The molecule has 0 radical (unpaired) electrons. The van der Waals surface area contributed by atoms with Gasteiger partial charge in [-0.2, -0.15) is 0 Å². The van der Waals surface area contributed by atoms with Crippen LogP contribution in [0.4, 0.5) is 0 Å². The SMILES string of the molecule is Cc1cc(C)c(C(N)CN2CCOC(C)(C)C2)c(C)c1. The minimum absolute atomic E-state index is 0.0602. The third kappa shape index (κ3) is 3.60. The van der Waals surface area contributed by atoms with Gasteiger partial charge in [0.05, 0.1) is 12.2 Å². The fourth-order valence-electron chi connectivity index (χ4n) is 3.42. The normalized spacial score (nSPS) is 20.9. The molecule has 1 atom stereocenters. The molecule has 1 heterocycles. The molecule has 1 aliphatic rings. The van der Waals surface area contributed by atoms with Gasteiger partial charge in [0.1, 0.15) is 0 Å². The Bertz CT molecular complexity index is 459. The molecule has 3 heteroatoms. The molecular formula is C17H28N2O. The summed E-state index contributed by atoms with van der Waals surface area (Å²) in [6, 6.07) is 4.53. The van der Waals surface area contributed by atoms with Crippen LogP contribution < -0.4 is 5.73 Å². The van der Waals surface area contributed by atoms with E-state index < -0.39 is 0 Å². The number of nitrogens with two attached hydrogens (primary N) is 1. The molecule has 1 saturated heterocycles. The number of ether oxygens (including phenoxy) is 1. The molecule has 0 bridgehead atoms. The van der Waals surface area contributed by atoms with Crippen molar-refractivity contribution >= 4 is 0 Å². The van der Waals surface area contributed by atoms with Gasteiger partial charge in [-0.25, -0.2) is 0 Å². The Morgan fingerprint density at radius 2 is 1.85 bits per heavy atom. The standard InChI is InChI=1S/C17H28N2O/c1-12-8-13(2)16(14(3)9-12)15(18)10-19-6-7-20-17(4,5)11-19/h8-9,15H,6-7,10-11,18H2,1-5H3. The van der Waals surface area contributed by atoms with Gasteiger partial charge >= 0.3 is 0 Å². The van der Waals surface area contributed by atoms with Crippen LogP contribution in [0.15, 0.2) is 12.1 Å². The summed E-state index contributed by atoms with van der Waals surface area (Å²) in [5.74, 6) is 0. The molecule has 1 aromatic carbocycles. The lowest BCUT2D eigenvalue weighted by Crippen LogP contribution is -2.50. The predicted octanol–water partition coefficient (Wildman–Crippen LogP) is 2.72. The van der Waals surface area contributed by atoms with Crippen LogP contribution in [0, 0.1) is 20.8 Å². The highest BCUT2D eigenvalue weighted by Crippen LogP contribution is 2.24. The number of hydrogen-bond acceptors (Lipinski definition) is 3. The first-order valence-corrected chi connectivity index (χ1v) is 7.48. The molecule has 1 aromatic rings. The van der Waals surface area contributed by atoms with Crippen molar-refractivity contribution in [1.29, 1.82) is 0 Å². The van der Waals surface area contributed by atoms with E-state index in [-0.39, 0.29) is 11.6 Å². The first-order chi connectivity index (χ1) is 9.28. The zero-order valence-electron chi connectivity index (χ0n) is 13.5. The van der Waals surface area contributed by atoms with E-state index in [9.17, 15) is 0 Å².